The maximum atomic E-state index is 11.6. The van der Waals surface area contributed by atoms with Gasteiger partial charge in [-0.15, -0.1) is 10.2 Å². The summed E-state index contributed by atoms with van der Waals surface area (Å²) in [5.74, 6) is 0.701. The molecule has 0 amide bonds. The summed E-state index contributed by atoms with van der Waals surface area (Å²) >= 11 is 0. The summed E-state index contributed by atoms with van der Waals surface area (Å²) in [6, 6.07) is 12.3. The lowest BCUT2D eigenvalue weighted by Gasteiger charge is -2.15. The maximum absolute atomic E-state index is 11.6. The Morgan fingerprint density at radius 1 is 1.14 bits per heavy atom. The van der Waals surface area contributed by atoms with Gasteiger partial charge in [0.05, 0.1) is 17.1 Å². The van der Waals surface area contributed by atoms with Gasteiger partial charge in [0, 0.05) is 30.9 Å². The number of nitrogens with zero attached hydrogens (tertiary/aromatic N) is 6. The largest absolute Gasteiger partial charge is 0.478 e. The van der Waals surface area contributed by atoms with E-state index in [-0.39, 0.29) is 0 Å². The number of nitrogens with one attached hydrogen (secondary N) is 1. The van der Waals surface area contributed by atoms with Crippen LogP contribution in [0.2, 0.25) is 0 Å². The molecule has 1 aliphatic rings. The molecule has 1 aliphatic carbocycles. The lowest BCUT2D eigenvalue weighted by molar-refractivity contribution is -0.131. The first-order valence-electron chi connectivity index (χ1n) is 12.7. The zero-order valence-electron chi connectivity index (χ0n) is 20.5. The molecule has 4 aromatic rings. The number of H-pyrrole nitrogens is 1. The van der Waals surface area contributed by atoms with Gasteiger partial charge in [-0.05, 0) is 72.7 Å². The van der Waals surface area contributed by atoms with Crippen LogP contribution in [0.5, 0.6) is 0 Å². The van der Waals surface area contributed by atoms with Crippen molar-refractivity contribution in [3.05, 3.63) is 71.4 Å². The number of aromatic amines is 1. The minimum absolute atomic E-state index is 0.541. The molecule has 9 nitrogen and oxygen atoms in total. The smallest absolute Gasteiger partial charge is 0.328 e. The number of benzene rings is 1. The Balaban J connectivity index is 1.48. The molecule has 0 aliphatic heterocycles. The van der Waals surface area contributed by atoms with Crippen LogP contribution in [0, 0.1) is 0 Å². The normalized spacial score (nSPS) is 14.6. The van der Waals surface area contributed by atoms with Crippen molar-refractivity contribution in [1.29, 1.82) is 0 Å². The van der Waals surface area contributed by atoms with E-state index in [0.29, 0.717) is 12.4 Å². The molecule has 0 radical (unpaired) electrons. The molecule has 3 aromatic heterocycles. The number of carboxylic acid groups (broad SMARTS) is 1. The van der Waals surface area contributed by atoms with Gasteiger partial charge in [0.15, 0.2) is 0 Å². The molecule has 5 rings (SSSR count). The van der Waals surface area contributed by atoms with E-state index in [4.69, 9.17) is 4.98 Å². The van der Waals surface area contributed by atoms with E-state index < -0.39 is 5.97 Å². The van der Waals surface area contributed by atoms with Crippen molar-refractivity contribution in [2.45, 2.75) is 64.8 Å². The van der Waals surface area contributed by atoms with E-state index in [2.05, 4.69) is 56.4 Å². The van der Waals surface area contributed by atoms with Gasteiger partial charge in [-0.25, -0.2) is 9.78 Å². The monoisotopic (exact) mass is 485 g/mol. The van der Waals surface area contributed by atoms with Gasteiger partial charge in [0.1, 0.15) is 5.82 Å². The number of carbonyl (C=O) groups is 1. The van der Waals surface area contributed by atoms with E-state index in [9.17, 15) is 9.90 Å². The highest BCUT2D eigenvalue weighted by Crippen LogP contribution is 2.32. The van der Waals surface area contributed by atoms with Crippen LogP contribution in [-0.4, -0.2) is 45.8 Å². The third-order valence-electron chi connectivity index (χ3n) is 6.71. The Bertz CT molecular complexity index is 1350. The highest BCUT2D eigenvalue weighted by atomic mass is 16.4. The number of aryl methyl sites for hydroxylation is 2. The fourth-order valence-electron chi connectivity index (χ4n) is 5.00. The predicted molar refractivity (Wildman–Crippen MR) is 137 cm³/mol. The van der Waals surface area contributed by atoms with Crippen molar-refractivity contribution in [2.75, 3.05) is 0 Å². The molecule has 2 N–H and O–H groups in total. The second-order valence-corrected chi connectivity index (χ2v) is 9.25. The zero-order valence-corrected chi connectivity index (χ0v) is 20.5. The number of aromatic nitrogens is 7. The molecule has 3 heterocycles. The molecule has 0 spiro atoms. The number of imidazole rings is 1. The summed E-state index contributed by atoms with van der Waals surface area (Å²) in [7, 11) is 0. The topological polar surface area (TPSA) is 115 Å². The van der Waals surface area contributed by atoms with Gasteiger partial charge in [-0.3, -0.25) is 0 Å². The number of hydrogen-bond donors (Lipinski definition) is 2. The van der Waals surface area contributed by atoms with Crippen molar-refractivity contribution in [2.24, 2.45) is 0 Å². The van der Waals surface area contributed by atoms with E-state index >= 15 is 0 Å². The Labute approximate surface area is 209 Å². The van der Waals surface area contributed by atoms with Crippen LogP contribution in [0.1, 0.15) is 68.2 Å². The highest BCUT2D eigenvalue weighted by Gasteiger charge is 2.23. The predicted octanol–water partition coefficient (Wildman–Crippen LogP) is 4.83. The zero-order chi connectivity index (χ0) is 24.9. The minimum Gasteiger partial charge on any atom is -0.478 e. The number of rotatable bonds is 9. The minimum atomic E-state index is -0.897. The third kappa shape index (κ3) is 5.00. The van der Waals surface area contributed by atoms with Crippen molar-refractivity contribution < 1.29 is 9.90 Å². The SMILES string of the molecule is CCCCCc1nc2c(n1Cc1ccc(-n3cccc3-c3nn[nH]n3)cc1)/C(=C/C(=O)O)CCCC2. The number of allylic oxidation sites excluding steroid dienone is 1. The van der Waals surface area contributed by atoms with Crippen molar-refractivity contribution in [3.63, 3.8) is 0 Å². The van der Waals surface area contributed by atoms with Crippen molar-refractivity contribution in [3.8, 4) is 17.2 Å². The molecular formula is C27H31N7O2. The Kier molecular flexibility index (Phi) is 7.06. The summed E-state index contributed by atoms with van der Waals surface area (Å²) in [6.07, 6.45) is 11.3. The number of fused-ring (bicyclic) bond motifs is 1. The molecule has 186 valence electrons. The quantitative estimate of drug-likeness (QED) is 0.199. The van der Waals surface area contributed by atoms with Crippen LogP contribution in [0.15, 0.2) is 48.7 Å². The fourth-order valence-corrected chi connectivity index (χ4v) is 5.00. The summed E-state index contributed by atoms with van der Waals surface area (Å²) < 4.78 is 4.29. The van der Waals surface area contributed by atoms with E-state index in [1.165, 1.54) is 6.08 Å². The second kappa shape index (κ2) is 10.7. The van der Waals surface area contributed by atoms with Gasteiger partial charge >= 0.3 is 5.97 Å². The third-order valence-corrected chi connectivity index (χ3v) is 6.71. The molecule has 36 heavy (non-hydrogen) atoms. The van der Waals surface area contributed by atoms with Crippen LogP contribution in [0.25, 0.3) is 22.8 Å². The van der Waals surface area contributed by atoms with Crippen molar-refractivity contribution >= 4 is 11.5 Å². The summed E-state index contributed by atoms with van der Waals surface area (Å²) in [5, 5.41) is 23.9. The second-order valence-electron chi connectivity index (χ2n) is 9.25. The van der Waals surface area contributed by atoms with Gasteiger partial charge in [-0.2, -0.15) is 5.21 Å². The van der Waals surface area contributed by atoms with Crippen LogP contribution >= 0.6 is 0 Å². The number of hydrogen-bond acceptors (Lipinski definition) is 5. The molecule has 0 unspecified atom stereocenters. The number of tetrazole rings is 1. The summed E-state index contributed by atoms with van der Waals surface area (Å²) in [5.41, 5.74) is 5.94. The van der Waals surface area contributed by atoms with E-state index in [1.54, 1.807) is 0 Å². The van der Waals surface area contributed by atoms with Crippen LogP contribution < -0.4 is 0 Å². The highest BCUT2D eigenvalue weighted by molar-refractivity contribution is 5.90. The molecule has 0 saturated heterocycles. The van der Waals surface area contributed by atoms with Crippen LogP contribution in [0.3, 0.4) is 0 Å². The molecule has 0 fully saturated rings. The van der Waals surface area contributed by atoms with Gasteiger partial charge in [0.25, 0.3) is 0 Å². The summed E-state index contributed by atoms with van der Waals surface area (Å²) in [4.78, 5) is 16.7. The van der Waals surface area contributed by atoms with Crippen LogP contribution in [-0.2, 0) is 24.2 Å². The average Bonchev–Trinajstić information content (AvgIpc) is 3.60. The maximum Gasteiger partial charge on any atom is 0.328 e. The van der Waals surface area contributed by atoms with Gasteiger partial charge < -0.3 is 14.2 Å². The first-order chi connectivity index (χ1) is 17.6. The van der Waals surface area contributed by atoms with Gasteiger partial charge in [0.2, 0.25) is 5.82 Å². The fraction of sp³-hybridized carbons (Fsp3) is 0.370. The number of unbranched alkanes of at least 4 members (excludes halogenated alkanes) is 2. The van der Waals surface area contributed by atoms with Gasteiger partial charge in [-0.1, -0.05) is 31.9 Å². The standard InChI is InChI=1S/C27H31N7O2/c1-2-3-4-11-24-28-22-9-6-5-8-20(17-25(35)36)26(22)34(24)18-19-12-14-21(15-13-19)33-16-7-10-23(33)27-29-31-32-30-27/h7,10,12-17H,2-6,8-9,11,18H2,1H3,(H,35,36)(H,29,30,31,32)/b20-17+. The Hall–Kier alpha value is -4.01. The first-order valence-corrected chi connectivity index (χ1v) is 12.7. The lowest BCUT2D eigenvalue weighted by atomic mass is 10.1. The average molecular weight is 486 g/mol. The first kappa shape index (κ1) is 23.7. The van der Waals surface area contributed by atoms with E-state index in [0.717, 1.165) is 91.1 Å². The molecule has 0 bridgehead atoms. The molecule has 1 aromatic carbocycles. The Morgan fingerprint density at radius 3 is 2.72 bits per heavy atom. The lowest BCUT2D eigenvalue weighted by Crippen LogP contribution is -2.10. The molecule has 0 saturated carbocycles. The van der Waals surface area contributed by atoms with Crippen LogP contribution in [0.4, 0.5) is 0 Å². The summed E-state index contributed by atoms with van der Waals surface area (Å²) in [6.45, 7) is 2.86. The van der Waals surface area contributed by atoms with E-state index in [1.807, 2.05) is 22.9 Å². The van der Waals surface area contributed by atoms with Crippen molar-refractivity contribution in [1.82, 2.24) is 34.7 Å². The number of carboxylic acids is 1. The number of aliphatic carboxylic acids is 1. The molecule has 0 atom stereocenters. The molecule has 9 heteroatoms. The Morgan fingerprint density at radius 2 is 1.97 bits per heavy atom. The molecular weight excluding hydrogens is 454 g/mol.